The van der Waals surface area contributed by atoms with Crippen molar-refractivity contribution in [3.63, 3.8) is 0 Å². The zero-order valence-electron chi connectivity index (χ0n) is 13.4. The van der Waals surface area contributed by atoms with Crippen molar-refractivity contribution in [3.8, 4) is 0 Å². The minimum atomic E-state index is -0.581. The van der Waals surface area contributed by atoms with Gasteiger partial charge in [-0.15, -0.1) is 0 Å². The lowest BCUT2D eigenvalue weighted by molar-refractivity contribution is -0.383. The standard InChI is InChI=1S/C16H12Cl2N6O2/c1-9-2-5-13(19-7-9)23-16-14(24(25)26)15(20-8-21-16)22-12-4-3-10(17)6-11(12)18/h2-8H,1H3,(H2,19,20,21,22,23). The molecule has 0 spiro atoms. The Hall–Kier alpha value is -2.97. The van der Waals surface area contributed by atoms with Gasteiger partial charge in [0.1, 0.15) is 12.1 Å². The smallest absolute Gasteiger partial charge is 0.333 e. The van der Waals surface area contributed by atoms with Crippen LogP contribution in [0.25, 0.3) is 0 Å². The quantitative estimate of drug-likeness (QED) is 0.472. The molecule has 26 heavy (non-hydrogen) atoms. The molecule has 0 unspecified atom stereocenters. The predicted molar refractivity (Wildman–Crippen MR) is 101 cm³/mol. The number of hydrogen-bond acceptors (Lipinski definition) is 7. The summed E-state index contributed by atoms with van der Waals surface area (Å²) in [6.45, 7) is 1.89. The van der Waals surface area contributed by atoms with Crippen LogP contribution < -0.4 is 10.6 Å². The largest absolute Gasteiger partial charge is 0.353 e. The molecule has 132 valence electrons. The lowest BCUT2D eigenvalue weighted by Crippen LogP contribution is -2.06. The summed E-state index contributed by atoms with van der Waals surface area (Å²) >= 11 is 12.0. The van der Waals surface area contributed by atoms with Crippen LogP contribution in [0.15, 0.2) is 42.9 Å². The van der Waals surface area contributed by atoms with Crippen molar-refractivity contribution in [3.05, 3.63) is 68.6 Å². The molecule has 0 aliphatic rings. The number of pyridine rings is 1. The highest BCUT2D eigenvalue weighted by Crippen LogP contribution is 2.35. The molecule has 8 nitrogen and oxygen atoms in total. The number of halogens is 2. The monoisotopic (exact) mass is 390 g/mol. The Morgan fingerprint density at radius 3 is 2.38 bits per heavy atom. The van der Waals surface area contributed by atoms with Gasteiger partial charge >= 0.3 is 5.69 Å². The normalized spacial score (nSPS) is 10.4. The van der Waals surface area contributed by atoms with E-state index in [-0.39, 0.29) is 17.3 Å². The van der Waals surface area contributed by atoms with Crippen LogP contribution in [0.5, 0.6) is 0 Å². The number of nitrogens with one attached hydrogen (secondary N) is 2. The number of aryl methyl sites for hydroxylation is 1. The van der Waals surface area contributed by atoms with Crippen molar-refractivity contribution in [2.24, 2.45) is 0 Å². The highest BCUT2D eigenvalue weighted by molar-refractivity contribution is 6.36. The molecule has 2 heterocycles. The Balaban J connectivity index is 1.98. The fraction of sp³-hybridized carbons (Fsp3) is 0.0625. The number of nitrogens with zero attached hydrogens (tertiary/aromatic N) is 4. The van der Waals surface area contributed by atoms with E-state index in [2.05, 4.69) is 25.6 Å². The van der Waals surface area contributed by atoms with Crippen molar-refractivity contribution in [1.29, 1.82) is 0 Å². The van der Waals surface area contributed by atoms with Gasteiger partial charge in [0.2, 0.25) is 11.6 Å². The van der Waals surface area contributed by atoms with E-state index in [0.29, 0.717) is 21.6 Å². The molecule has 0 saturated heterocycles. The SMILES string of the molecule is Cc1ccc(Nc2ncnc(Nc3ccc(Cl)cc3Cl)c2[N+](=O)[O-])nc1. The van der Waals surface area contributed by atoms with Crippen LogP contribution in [0, 0.1) is 17.0 Å². The van der Waals surface area contributed by atoms with E-state index in [4.69, 9.17) is 23.2 Å². The molecular weight excluding hydrogens is 379 g/mol. The van der Waals surface area contributed by atoms with Crippen LogP contribution in [-0.2, 0) is 0 Å². The summed E-state index contributed by atoms with van der Waals surface area (Å²) in [5.74, 6) is 0.422. The van der Waals surface area contributed by atoms with Gasteiger partial charge in [-0.3, -0.25) is 10.1 Å². The third kappa shape index (κ3) is 3.98. The highest BCUT2D eigenvalue weighted by Gasteiger charge is 2.24. The Morgan fingerprint density at radius 1 is 1.04 bits per heavy atom. The summed E-state index contributed by atoms with van der Waals surface area (Å²) in [6, 6.07) is 8.26. The van der Waals surface area contributed by atoms with Crippen LogP contribution >= 0.6 is 23.2 Å². The molecule has 0 aliphatic heterocycles. The minimum Gasteiger partial charge on any atom is -0.333 e. The topological polar surface area (TPSA) is 106 Å². The number of anilines is 4. The summed E-state index contributed by atoms with van der Waals surface area (Å²) in [4.78, 5) is 23.1. The van der Waals surface area contributed by atoms with Crippen molar-refractivity contribution in [2.75, 3.05) is 10.6 Å². The first-order chi connectivity index (χ1) is 12.4. The second-order valence-corrected chi connectivity index (χ2v) is 6.12. The van der Waals surface area contributed by atoms with Gasteiger partial charge < -0.3 is 10.6 Å². The van der Waals surface area contributed by atoms with E-state index >= 15 is 0 Å². The van der Waals surface area contributed by atoms with E-state index in [1.54, 1.807) is 24.4 Å². The zero-order chi connectivity index (χ0) is 18.7. The molecule has 1 aromatic carbocycles. The van der Waals surface area contributed by atoms with Crippen LogP contribution in [-0.4, -0.2) is 19.9 Å². The number of aromatic nitrogens is 3. The molecule has 0 amide bonds. The van der Waals surface area contributed by atoms with Crippen LogP contribution in [0.1, 0.15) is 5.56 Å². The fourth-order valence-corrected chi connectivity index (χ4v) is 2.57. The summed E-state index contributed by atoms with van der Waals surface area (Å²) in [7, 11) is 0. The van der Waals surface area contributed by atoms with Gasteiger partial charge in [0, 0.05) is 11.2 Å². The molecule has 10 heteroatoms. The Morgan fingerprint density at radius 2 is 1.77 bits per heavy atom. The van der Waals surface area contributed by atoms with Crippen LogP contribution in [0.2, 0.25) is 10.0 Å². The lowest BCUT2D eigenvalue weighted by Gasteiger charge is -2.11. The Bertz CT molecular complexity index is 965. The minimum absolute atomic E-state index is 0.00828. The third-order valence-electron chi connectivity index (χ3n) is 3.35. The van der Waals surface area contributed by atoms with E-state index in [9.17, 15) is 10.1 Å². The first kappa shape index (κ1) is 17.8. The molecule has 0 radical (unpaired) electrons. The van der Waals surface area contributed by atoms with Gasteiger partial charge in [-0.1, -0.05) is 29.3 Å². The van der Waals surface area contributed by atoms with E-state index in [0.717, 1.165) is 5.56 Å². The van der Waals surface area contributed by atoms with Gasteiger partial charge in [0.05, 0.1) is 15.6 Å². The molecule has 0 aliphatic carbocycles. The van der Waals surface area contributed by atoms with E-state index < -0.39 is 4.92 Å². The molecule has 0 saturated carbocycles. The first-order valence-corrected chi connectivity index (χ1v) is 8.11. The van der Waals surface area contributed by atoms with Gasteiger partial charge in [-0.05, 0) is 36.8 Å². The summed E-state index contributed by atoms with van der Waals surface area (Å²) in [6.07, 6.45) is 2.84. The maximum Gasteiger partial charge on any atom is 0.353 e. The molecule has 0 atom stereocenters. The first-order valence-electron chi connectivity index (χ1n) is 7.35. The van der Waals surface area contributed by atoms with Crippen molar-refractivity contribution in [2.45, 2.75) is 6.92 Å². The van der Waals surface area contributed by atoms with E-state index in [1.165, 1.54) is 12.4 Å². The second kappa shape index (κ2) is 7.51. The van der Waals surface area contributed by atoms with Gasteiger partial charge in [0.25, 0.3) is 0 Å². The van der Waals surface area contributed by atoms with Crippen LogP contribution in [0.3, 0.4) is 0 Å². The van der Waals surface area contributed by atoms with Gasteiger partial charge in [-0.25, -0.2) is 15.0 Å². The average molecular weight is 391 g/mol. The summed E-state index contributed by atoms with van der Waals surface area (Å²) in [5.41, 5.74) is 1.06. The molecule has 2 aromatic heterocycles. The Kier molecular flexibility index (Phi) is 5.15. The molecule has 0 fully saturated rings. The zero-order valence-corrected chi connectivity index (χ0v) is 14.9. The predicted octanol–water partition coefficient (Wildman–Crippen LogP) is 4.88. The van der Waals surface area contributed by atoms with E-state index in [1.807, 2.05) is 13.0 Å². The number of rotatable bonds is 5. The molecule has 3 aromatic rings. The summed E-state index contributed by atoms with van der Waals surface area (Å²) < 4.78 is 0. The second-order valence-electron chi connectivity index (χ2n) is 5.27. The maximum atomic E-state index is 11.6. The number of benzene rings is 1. The van der Waals surface area contributed by atoms with Gasteiger partial charge in [-0.2, -0.15) is 0 Å². The van der Waals surface area contributed by atoms with Crippen LogP contribution in [0.4, 0.5) is 28.8 Å². The fourth-order valence-electron chi connectivity index (χ4n) is 2.12. The lowest BCUT2D eigenvalue weighted by atomic mass is 10.3. The number of hydrogen-bond donors (Lipinski definition) is 2. The Labute approximate surface area is 158 Å². The van der Waals surface area contributed by atoms with Crippen molar-refractivity contribution < 1.29 is 4.92 Å². The maximum absolute atomic E-state index is 11.6. The molecular formula is C16H12Cl2N6O2. The van der Waals surface area contributed by atoms with Crippen molar-refractivity contribution in [1.82, 2.24) is 15.0 Å². The highest BCUT2D eigenvalue weighted by atomic mass is 35.5. The molecule has 0 bridgehead atoms. The average Bonchev–Trinajstić information content (AvgIpc) is 2.59. The number of nitro groups is 1. The third-order valence-corrected chi connectivity index (χ3v) is 3.89. The molecule has 3 rings (SSSR count). The van der Waals surface area contributed by atoms with Crippen molar-refractivity contribution >= 4 is 52.0 Å². The van der Waals surface area contributed by atoms with Gasteiger partial charge in [0.15, 0.2) is 0 Å². The summed E-state index contributed by atoms with van der Waals surface area (Å²) in [5, 5.41) is 18.0. The molecule has 2 N–H and O–H groups in total.